The van der Waals surface area contributed by atoms with Crippen LogP contribution in [0.2, 0.25) is 0 Å². The number of methoxy groups -OCH3 is 2. The molecule has 2 rings (SSSR count). The van der Waals surface area contributed by atoms with Crippen LogP contribution < -0.4 is 0 Å². The van der Waals surface area contributed by atoms with Crippen LogP contribution in [0.5, 0.6) is 0 Å². The van der Waals surface area contributed by atoms with Gasteiger partial charge in [-0.3, -0.25) is 4.90 Å². The molecule has 1 aliphatic carbocycles. The Morgan fingerprint density at radius 2 is 1.67 bits per heavy atom. The molecular formula is C11H21NO3. The molecule has 15 heavy (non-hydrogen) atoms. The third kappa shape index (κ3) is 2.18. The molecule has 2 fully saturated rings. The lowest BCUT2D eigenvalue weighted by atomic mass is 10.2. The molecule has 88 valence electrons. The van der Waals surface area contributed by atoms with E-state index in [0.717, 1.165) is 32.4 Å². The Morgan fingerprint density at radius 1 is 1.07 bits per heavy atom. The van der Waals surface area contributed by atoms with Crippen molar-refractivity contribution < 1.29 is 14.6 Å². The fourth-order valence-electron chi connectivity index (χ4n) is 2.84. The lowest BCUT2D eigenvalue weighted by molar-refractivity contribution is -0.00461. The monoisotopic (exact) mass is 215 g/mol. The zero-order chi connectivity index (χ0) is 10.8. The van der Waals surface area contributed by atoms with Crippen molar-refractivity contribution in [2.45, 2.75) is 43.6 Å². The fraction of sp³-hybridized carbons (Fsp3) is 1.00. The first-order valence-electron chi connectivity index (χ1n) is 5.74. The number of ether oxygens (including phenoxy) is 2. The molecule has 4 heteroatoms. The quantitative estimate of drug-likeness (QED) is 0.732. The Bertz CT molecular complexity index is 200. The molecule has 0 radical (unpaired) electrons. The maximum Gasteiger partial charge on any atom is 0.0971 e. The number of aliphatic hydroxyl groups is 1. The van der Waals surface area contributed by atoms with Gasteiger partial charge in [0.1, 0.15) is 0 Å². The second-order valence-corrected chi connectivity index (χ2v) is 4.57. The van der Waals surface area contributed by atoms with Gasteiger partial charge in [0, 0.05) is 33.4 Å². The van der Waals surface area contributed by atoms with Gasteiger partial charge in [-0.15, -0.1) is 0 Å². The zero-order valence-corrected chi connectivity index (χ0v) is 9.56. The maximum absolute atomic E-state index is 9.84. The van der Waals surface area contributed by atoms with Crippen molar-refractivity contribution in [2.24, 2.45) is 0 Å². The van der Waals surface area contributed by atoms with Gasteiger partial charge in [-0.05, 0) is 19.3 Å². The highest BCUT2D eigenvalue weighted by atomic mass is 16.5. The van der Waals surface area contributed by atoms with Crippen LogP contribution in [0.15, 0.2) is 0 Å². The summed E-state index contributed by atoms with van der Waals surface area (Å²) in [5.74, 6) is 0. The Labute approximate surface area is 91.2 Å². The highest BCUT2D eigenvalue weighted by molar-refractivity contribution is 4.94. The van der Waals surface area contributed by atoms with Gasteiger partial charge in [0.2, 0.25) is 0 Å². The molecule has 0 amide bonds. The molecule has 0 spiro atoms. The molecule has 1 aliphatic heterocycles. The number of likely N-dealkylation sites (tertiary alicyclic amines) is 1. The maximum atomic E-state index is 9.84. The minimum absolute atomic E-state index is 0.155. The van der Waals surface area contributed by atoms with Crippen molar-refractivity contribution in [3.63, 3.8) is 0 Å². The first-order valence-corrected chi connectivity index (χ1v) is 5.74. The first-order chi connectivity index (χ1) is 7.26. The summed E-state index contributed by atoms with van der Waals surface area (Å²) in [7, 11) is 3.45. The molecule has 4 nitrogen and oxygen atoms in total. The van der Waals surface area contributed by atoms with Gasteiger partial charge in [0.25, 0.3) is 0 Å². The average molecular weight is 215 g/mol. The van der Waals surface area contributed by atoms with E-state index >= 15 is 0 Å². The van der Waals surface area contributed by atoms with E-state index < -0.39 is 0 Å². The summed E-state index contributed by atoms with van der Waals surface area (Å²) >= 11 is 0. The van der Waals surface area contributed by atoms with E-state index in [1.807, 2.05) is 0 Å². The third-order valence-electron chi connectivity index (χ3n) is 3.76. The Balaban J connectivity index is 1.95. The number of aliphatic hydroxyl groups excluding tert-OH is 1. The van der Waals surface area contributed by atoms with E-state index in [4.69, 9.17) is 9.47 Å². The number of rotatable bonds is 3. The Kier molecular flexibility index (Phi) is 3.61. The van der Waals surface area contributed by atoms with Gasteiger partial charge >= 0.3 is 0 Å². The average Bonchev–Trinajstić information content (AvgIpc) is 2.82. The van der Waals surface area contributed by atoms with E-state index in [0.29, 0.717) is 6.04 Å². The highest BCUT2D eigenvalue weighted by Gasteiger charge is 2.40. The summed E-state index contributed by atoms with van der Waals surface area (Å²) in [5, 5.41) is 9.84. The van der Waals surface area contributed by atoms with Crippen molar-refractivity contribution in [1.82, 2.24) is 4.90 Å². The lowest BCUT2D eigenvalue weighted by Gasteiger charge is -2.26. The van der Waals surface area contributed by atoms with Crippen LogP contribution in [0.1, 0.15) is 19.3 Å². The summed E-state index contributed by atoms with van der Waals surface area (Å²) in [5.41, 5.74) is 0. The van der Waals surface area contributed by atoms with Crippen molar-refractivity contribution in [3.05, 3.63) is 0 Å². The predicted octanol–water partition coefficient (Wildman–Crippen LogP) is 0.245. The van der Waals surface area contributed by atoms with Crippen LogP contribution in [0.3, 0.4) is 0 Å². The number of hydrogen-bond acceptors (Lipinski definition) is 4. The number of hydrogen-bond donors (Lipinski definition) is 1. The lowest BCUT2D eigenvalue weighted by Crippen LogP contribution is -2.39. The Hall–Kier alpha value is -0.160. The van der Waals surface area contributed by atoms with Crippen LogP contribution in [0.4, 0.5) is 0 Å². The van der Waals surface area contributed by atoms with Gasteiger partial charge in [0.05, 0.1) is 18.3 Å². The summed E-state index contributed by atoms with van der Waals surface area (Å²) in [4.78, 5) is 2.32. The summed E-state index contributed by atoms with van der Waals surface area (Å²) in [6, 6.07) is 0.322. The largest absolute Gasteiger partial charge is 0.391 e. The van der Waals surface area contributed by atoms with E-state index in [2.05, 4.69) is 4.90 Å². The summed E-state index contributed by atoms with van der Waals surface area (Å²) in [6.07, 6.45) is 3.34. The Morgan fingerprint density at radius 3 is 2.07 bits per heavy atom. The van der Waals surface area contributed by atoms with Crippen molar-refractivity contribution in [3.8, 4) is 0 Å². The molecule has 0 aromatic rings. The van der Waals surface area contributed by atoms with Crippen molar-refractivity contribution in [1.29, 1.82) is 0 Å². The van der Waals surface area contributed by atoms with Crippen LogP contribution in [-0.4, -0.2) is 61.7 Å². The summed E-state index contributed by atoms with van der Waals surface area (Å²) in [6.45, 7) is 1.77. The molecule has 0 bridgehead atoms. The van der Waals surface area contributed by atoms with E-state index in [1.54, 1.807) is 14.2 Å². The van der Waals surface area contributed by atoms with Crippen LogP contribution >= 0.6 is 0 Å². The second kappa shape index (κ2) is 4.78. The van der Waals surface area contributed by atoms with Crippen molar-refractivity contribution >= 4 is 0 Å². The second-order valence-electron chi connectivity index (χ2n) is 4.57. The standard InChI is InChI=1S/C11H21NO3/c1-14-10-6-12(7-11(10)15-2)8-4-3-5-9(8)13/h8-11,13H,3-7H2,1-2H3/t8-,9-,10?,11?/m0/s1. The SMILES string of the molecule is COC1CN([C@H]2CCC[C@@H]2O)CC1OC. The molecule has 0 aromatic heterocycles. The smallest absolute Gasteiger partial charge is 0.0971 e. The molecule has 0 aromatic carbocycles. The van der Waals surface area contributed by atoms with Crippen LogP contribution in [-0.2, 0) is 9.47 Å². The molecule has 1 saturated carbocycles. The van der Waals surface area contributed by atoms with Gasteiger partial charge in [-0.25, -0.2) is 0 Å². The van der Waals surface area contributed by atoms with Gasteiger partial charge < -0.3 is 14.6 Å². The molecule has 4 atom stereocenters. The normalized spacial score (nSPS) is 42.6. The topological polar surface area (TPSA) is 41.9 Å². The summed E-state index contributed by atoms with van der Waals surface area (Å²) < 4.78 is 10.8. The van der Waals surface area contributed by atoms with E-state index in [1.165, 1.54) is 0 Å². The fourth-order valence-corrected chi connectivity index (χ4v) is 2.84. The molecule has 1 heterocycles. The molecular weight excluding hydrogens is 194 g/mol. The van der Waals surface area contributed by atoms with E-state index in [9.17, 15) is 5.11 Å². The van der Waals surface area contributed by atoms with E-state index in [-0.39, 0.29) is 18.3 Å². The number of nitrogens with zero attached hydrogens (tertiary/aromatic N) is 1. The first kappa shape index (κ1) is 11.3. The minimum atomic E-state index is -0.155. The third-order valence-corrected chi connectivity index (χ3v) is 3.76. The molecule has 1 saturated heterocycles. The molecule has 2 aliphatic rings. The minimum Gasteiger partial charge on any atom is -0.391 e. The molecule has 2 unspecified atom stereocenters. The molecule has 1 N–H and O–H groups in total. The zero-order valence-electron chi connectivity index (χ0n) is 9.56. The predicted molar refractivity (Wildman–Crippen MR) is 56.8 cm³/mol. The van der Waals surface area contributed by atoms with Crippen LogP contribution in [0, 0.1) is 0 Å². The highest BCUT2D eigenvalue weighted by Crippen LogP contribution is 2.28. The van der Waals surface area contributed by atoms with Crippen molar-refractivity contribution in [2.75, 3.05) is 27.3 Å². The van der Waals surface area contributed by atoms with Gasteiger partial charge in [0.15, 0.2) is 0 Å². The van der Waals surface area contributed by atoms with Gasteiger partial charge in [-0.1, -0.05) is 0 Å². The van der Waals surface area contributed by atoms with Crippen LogP contribution in [0.25, 0.3) is 0 Å². The van der Waals surface area contributed by atoms with Gasteiger partial charge in [-0.2, -0.15) is 0 Å².